The van der Waals surface area contributed by atoms with E-state index in [0.717, 1.165) is 16.9 Å². The first-order valence-electron chi connectivity index (χ1n) is 7.51. The van der Waals surface area contributed by atoms with Gasteiger partial charge in [-0.25, -0.2) is 4.39 Å². The van der Waals surface area contributed by atoms with E-state index in [0.29, 0.717) is 19.7 Å². The normalized spacial score (nSPS) is 11.9. The van der Waals surface area contributed by atoms with Gasteiger partial charge in [-0.15, -0.1) is 0 Å². The Morgan fingerprint density at radius 1 is 1.22 bits per heavy atom. The van der Waals surface area contributed by atoms with Crippen LogP contribution in [0.15, 0.2) is 48.5 Å². The third-order valence-corrected chi connectivity index (χ3v) is 3.48. The van der Waals surface area contributed by atoms with E-state index in [-0.39, 0.29) is 17.6 Å². The van der Waals surface area contributed by atoms with Crippen LogP contribution in [0.3, 0.4) is 0 Å². The molecule has 122 valence electrons. The van der Waals surface area contributed by atoms with Crippen molar-refractivity contribution in [2.75, 3.05) is 6.54 Å². The highest BCUT2D eigenvalue weighted by Crippen LogP contribution is 2.14. The SMILES string of the molecule is CC(CNCc1ccc(OCc2cccc(F)c2)cc1)C(N)=O. The van der Waals surface area contributed by atoms with Gasteiger partial charge in [0.05, 0.1) is 0 Å². The van der Waals surface area contributed by atoms with Crippen molar-refractivity contribution in [3.8, 4) is 5.75 Å². The second kappa shape index (κ2) is 8.29. The van der Waals surface area contributed by atoms with E-state index in [1.165, 1.54) is 12.1 Å². The van der Waals surface area contributed by atoms with Crippen LogP contribution in [-0.4, -0.2) is 12.5 Å². The molecule has 1 unspecified atom stereocenters. The van der Waals surface area contributed by atoms with E-state index in [1.807, 2.05) is 30.3 Å². The zero-order valence-electron chi connectivity index (χ0n) is 13.1. The molecular weight excluding hydrogens is 295 g/mol. The van der Waals surface area contributed by atoms with Crippen molar-refractivity contribution in [2.24, 2.45) is 11.7 Å². The van der Waals surface area contributed by atoms with Crippen LogP contribution in [-0.2, 0) is 17.9 Å². The molecule has 0 aliphatic heterocycles. The summed E-state index contributed by atoms with van der Waals surface area (Å²) in [6.07, 6.45) is 0. The number of primary amides is 1. The largest absolute Gasteiger partial charge is 0.489 e. The molecule has 2 aromatic carbocycles. The van der Waals surface area contributed by atoms with Gasteiger partial charge in [-0.3, -0.25) is 4.79 Å². The van der Waals surface area contributed by atoms with Crippen molar-refractivity contribution in [3.05, 3.63) is 65.5 Å². The summed E-state index contributed by atoms with van der Waals surface area (Å²) in [7, 11) is 0. The Morgan fingerprint density at radius 3 is 2.61 bits per heavy atom. The molecule has 0 bridgehead atoms. The maximum Gasteiger partial charge on any atom is 0.221 e. The smallest absolute Gasteiger partial charge is 0.221 e. The van der Waals surface area contributed by atoms with Crippen molar-refractivity contribution in [2.45, 2.75) is 20.1 Å². The molecule has 3 N–H and O–H groups in total. The van der Waals surface area contributed by atoms with Gasteiger partial charge in [-0.1, -0.05) is 31.2 Å². The molecule has 23 heavy (non-hydrogen) atoms. The van der Waals surface area contributed by atoms with Crippen LogP contribution in [0.2, 0.25) is 0 Å². The summed E-state index contributed by atoms with van der Waals surface area (Å²) in [6, 6.07) is 14.0. The van der Waals surface area contributed by atoms with E-state index in [4.69, 9.17) is 10.5 Å². The second-order valence-corrected chi connectivity index (χ2v) is 5.50. The van der Waals surface area contributed by atoms with Gasteiger partial charge in [0.25, 0.3) is 0 Å². The number of rotatable bonds is 8. The number of nitrogens with one attached hydrogen (secondary N) is 1. The van der Waals surface area contributed by atoms with Crippen molar-refractivity contribution in [1.82, 2.24) is 5.32 Å². The number of carbonyl (C=O) groups is 1. The van der Waals surface area contributed by atoms with E-state index >= 15 is 0 Å². The maximum atomic E-state index is 13.1. The van der Waals surface area contributed by atoms with Crippen LogP contribution in [0.1, 0.15) is 18.1 Å². The van der Waals surface area contributed by atoms with Crippen molar-refractivity contribution >= 4 is 5.91 Å². The quantitative estimate of drug-likeness (QED) is 0.787. The summed E-state index contributed by atoms with van der Waals surface area (Å²) in [5.41, 5.74) is 7.08. The van der Waals surface area contributed by atoms with Crippen LogP contribution in [0.4, 0.5) is 4.39 Å². The average molecular weight is 316 g/mol. The highest BCUT2D eigenvalue weighted by atomic mass is 19.1. The number of hydrogen-bond acceptors (Lipinski definition) is 3. The molecule has 0 aromatic heterocycles. The van der Waals surface area contributed by atoms with Gasteiger partial charge in [0.1, 0.15) is 18.2 Å². The fraction of sp³-hybridized carbons (Fsp3) is 0.278. The van der Waals surface area contributed by atoms with Gasteiger partial charge in [0, 0.05) is 19.0 Å². The number of hydrogen-bond donors (Lipinski definition) is 2. The summed E-state index contributed by atoms with van der Waals surface area (Å²) >= 11 is 0. The molecule has 1 atom stereocenters. The Bertz CT molecular complexity index is 644. The number of amides is 1. The molecule has 0 saturated carbocycles. The molecule has 0 spiro atoms. The lowest BCUT2D eigenvalue weighted by Gasteiger charge is -2.10. The summed E-state index contributed by atoms with van der Waals surface area (Å²) in [6.45, 7) is 3.32. The highest BCUT2D eigenvalue weighted by molar-refractivity contribution is 5.76. The van der Waals surface area contributed by atoms with Crippen molar-refractivity contribution in [1.29, 1.82) is 0 Å². The Labute approximate surface area is 135 Å². The number of halogens is 1. The third-order valence-electron chi connectivity index (χ3n) is 3.48. The lowest BCUT2D eigenvalue weighted by molar-refractivity contribution is -0.121. The first-order valence-corrected chi connectivity index (χ1v) is 7.51. The second-order valence-electron chi connectivity index (χ2n) is 5.50. The lowest BCUT2D eigenvalue weighted by atomic mass is 10.1. The molecule has 2 rings (SSSR count). The Morgan fingerprint density at radius 2 is 1.96 bits per heavy atom. The molecule has 2 aromatic rings. The molecular formula is C18H21FN2O2. The van der Waals surface area contributed by atoms with Crippen molar-refractivity contribution in [3.63, 3.8) is 0 Å². The fourth-order valence-electron chi connectivity index (χ4n) is 2.03. The van der Waals surface area contributed by atoms with Crippen LogP contribution in [0.5, 0.6) is 5.75 Å². The van der Waals surface area contributed by atoms with E-state index < -0.39 is 0 Å². The maximum absolute atomic E-state index is 13.1. The van der Waals surface area contributed by atoms with E-state index in [2.05, 4.69) is 5.32 Å². The van der Waals surface area contributed by atoms with Gasteiger partial charge < -0.3 is 15.8 Å². The fourth-order valence-corrected chi connectivity index (χ4v) is 2.03. The van der Waals surface area contributed by atoms with Crippen LogP contribution >= 0.6 is 0 Å². The van der Waals surface area contributed by atoms with Gasteiger partial charge >= 0.3 is 0 Å². The highest BCUT2D eigenvalue weighted by Gasteiger charge is 2.07. The standard InChI is InChI=1S/C18H21FN2O2/c1-13(18(20)22)10-21-11-14-5-7-17(8-6-14)23-12-15-3-2-4-16(19)9-15/h2-9,13,21H,10-12H2,1H3,(H2,20,22). The van der Waals surface area contributed by atoms with Crippen LogP contribution in [0, 0.1) is 11.7 Å². The Hall–Kier alpha value is -2.40. The molecule has 0 heterocycles. The van der Waals surface area contributed by atoms with Gasteiger partial charge in [-0.05, 0) is 35.4 Å². The van der Waals surface area contributed by atoms with Gasteiger partial charge in [0.2, 0.25) is 5.91 Å². The monoisotopic (exact) mass is 316 g/mol. The molecule has 0 fully saturated rings. The number of carbonyl (C=O) groups excluding carboxylic acids is 1. The van der Waals surface area contributed by atoms with Gasteiger partial charge in [0.15, 0.2) is 0 Å². The summed E-state index contributed by atoms with van der Waals surface area (Å²) in [5.74, 6) is -0.0382. The Kier molecular flexibility index (Phi) is 6.11. The molecule has 4 nitrogen and oxygen atoms in total. The first-order chi connectivity index (χ1) is 11.0. The topological polar surface area (TPSA) is 64.3 Å². The molecule has 0 saturated heterocycles. The minimum Gasteiger partial charge on any atom is -0.489 e. The summed E-state index contributed by atoms with van der Waals surface area (Å²) < 4.78 is 18.7. The third kappa shape index (κ3) is 5.71. The molecule has 5 heteroatoms. The summed E-state index contributed by atoms with van der Waals surface area (Å²) in [5, 5.41) is 3.18. The summed E-state index contributed by atoms with van der Waals surface area (Å²) in [4.78, 5) is 10.9. The molecule has 0 aliphatic rings. The zero-order valence-corrected chi connectivity index (χ0v) is 13.1. The predicted octanol–water partition coefficient (Wildman–Crippen LogP) is 2.62. The molecule has 0 radical (unpaired) electrons. The minimum atomic E-state index is -0.307. The van der Waals surface area contributed by atoms with Crippen LogP contribution < -0.4 is 15.8 Å². The predicted molar refractivity (Wildman–Crippen MR) is 87.2 cm³/mol. The van der Waals surface area contributed by atoms with E-state index in [9.17, 15) is 9.18 Å². The van der Waals surface area contributed by atoms with Crippen LogP contribution in [0.25, 0.3) is 0 Å². The Balaban J connectivity index is 1.79. The average Bonchev–Trinajstić information content (AvgIpc) is 2.54. The number of benzene rings is 2. The van der Waals surface area contributed by atoms with E-state index in [1.54, 1.807) is 13.0 Å². The first kappa shape index (κ1) is 17.0. The lowest BCUT2D eigenvalue weighted by Crippen LogP contribution is -2.30. The van der Waals surface area contributed by atoms with Crippen molar-refractivity contribution < 1.29 is 13.9 Å². The minimum absolute atomic E-state index is 0.191. The van der Waals surface area contributed by atoms with Gasteiger partial charge in [-0.2, -0.15) is 0 Å². The number of ether oxygens (including phenoxy) is 1. The molecule has 1 amide bonds. The molecule has 0 aliphatic carbocycles. The number of nitrogens with two attached hydrogens (primary N) is 1. The zero-order chi connectivity index (χ0) is 16.7.